The van der Waals surface area contributed by atoms with Gasteiger partial charge in [0.25, 0.3) is 5.91 Å². The third kappa shape index (κ3) is 4.13. The Morgan fingerprint density at radius 3 is 2.14 bits per heavy atom. The van der Waals surface area contributed by atoms with Crippen molar-refractivity contribution >= 4 is 11.7 Å². The molecule has 0 bridgehead atoms. The fraction of sp³-hybridized carbons (Fsp3) is 0.0870. The van der Waals surface area contributed by atoms with Crippen LogP contribution < -0.4 is 5.32 Å². The minimum atomic E-state index is -0.432. The first-order chi connectivity index (χ1) is 13.5. The Labute approximate surface area is 162 Å². The number of nitrogens with zero attached hydrogens (tertiary/aromatic N) is 1. The Kier molecular flexibility index (Phi) is 5.61. The van der Waals surface area contributed by atoms with Gasteiger partial charge in [0.2, 0.25) is 0 Å². The molecule has 0 aliphatic carbocycles. The van der Waals surface area contributed by atoms with Crippen LogP contribution in [0.25, 0.3) is 0 Å². The van der Waals surface area contributed by atoms with Crippen molar-refractivity contribution in [2.45, 2.75) is 13.0 Å². The number of hydrogen-bond acceptors (Lipinski definition) is 3. The van der Waals surface area contributed by atoms with E-state index in [1.54, 1.807) is 48.5 Å². The summed E-state index contributed by atoms with van der Waals surface area (Å²) in [5.74, 6) is -1.17. The molecule has 4 nitrogen and oxygen atoms in total. The Morgan fingerprint density at radius 2 is 1.54 bits per heavy atom. The lowest BCUT2D eigenvalue weighted by Crippen LogP contribution is -2.28. The average molecular weight is 372 g/mol. The number of nitriles is 1. The molecular formula is C23H17FN2O2. The van der Waals surface area contributed by atoms with Gasteiger partial charge < -0.3 is 5.32 Å². The highest BCUT2D eigenvalue weighted by Crippen LogP contribution is 2.18. The second kappa shape index (κ2) is 8.28. The summed E-state index contributed by atoms with van der Waals surface area (Å²) in [5, 5.41) is 11.8. The van der Waals surface area contributed by atoms with Crippen molar-refractivity contribution in [3.8, 4) is 6.07 Å². The summed E-state index contributed by atoms with van der Waals surface area (Å²) in [6, 6.07) is 20.4. The molecule has 0 radical (unpaired) electrons. The zero-order valence-electron chi connectivity index (χ0n) is 15.1. The second-order valence-electron chi connectivity index (χ2n) is 6.31. The monoisotopic (exact) mass is 372 g/mol. The van der Waals surface area contributed by atoms with Gasteiger partial charge >= 0.3 is 0 Å². The molecule has 0 saturated heterocycles. The molecule has 0 spiro atoms. The highest BCUT2D eigenvalue weighted by molar-refractivity contribution is 6.15. The van der Waals surface area contributed by atoms with Crippen molar-refractivity contribution in [1.29, 1.82) is 5.26 Å². The molecule has 138 valence electrons. The fourth-order valence-corrected chi connectivity index (χ4v) is 2.84. The van der Waals surface area contributed by atoms with Crippen LogP contribution in [0.4, 0.5) is 4.39 Å². The second-order valence-corrected chi connectivity index (χ2v) is 6.31. The third-order valence-electron chi connectivity index (χ3n) is 4.41. The number of rotatable bonds is 5. The Morgan fingerprint density at radius 1 is 0.929 bits per heavy atom. The molecule has 0 aromatic heterocycles. The first-order valence-electron chi connectivity index (χ1n) is 8.70. The summed E-state index contributed by atoms with van der Waals surface area (Å²) in [4.78, 5) is 25.6. The standard InChI is InChI=1S/C23H17FN2O2/c1-15(17-8-6-16(14-25)7-9-17)26-23(28)21-5-3-2-4-20(21)22(27)18-10-12-19(24)13-11-18/h2-13,15H,1H3,(H,26,28). The molecule has 3 rings (SSSR count). The molecule has 1 unspecified atom stereocenters. The van der Waals surface area contributed by atoms with Gasteiger partial charge in [-0.1, -0.05) is 30.3 Å². The SMILES string of the molecule is CC(NC(=O)c1ccccc1C(=O)c1ccc(F)cc1)c1ccc(C#N)cc1. The number of carbonyl (C=O) groups is 2. The summed E-state index contributed by atoms with van der Waals surface area (Å²) in [6.07, 6.45) is 0. The van der Waals surface area contributed by atoms with Crippen LogP contribution in [0.5, 0.6) is 0 Å². The van der Waals surface area contributed by atoms with E-state index < -0.39 is 5.82 Å². The molecule has 28 heavy (non-hydrogen) atoms. The van der Waals surface area contributed by atoms with E-state index in [0.29, 0.717) is 11.1 Å². The summed E-state index contributed by atoms with van der Waals surface area (Å²) < 4.78 is 13.1. The molecule has 0 fully saturated rings. The predicted molar refractivity (Wildman–Crippen MR) is 103 cm³/mol. The summed E-state index contributed by atoms with van der Waals surface area (Å²) in [7, 11) is 0. The van der Waals surface area contributed by atoms with E-state index in [-0.39, 0.29) is 28.9 Å². The molecule has 3 aromatic rings. The van der Waals surface area contributed by atoms with Crippen molar-refractivity contribution in [2.24, 2.45) is 0 Å². The lowest BCUT2D eigenvalue weighted by atomic mass is 9.97. The molecule has 0 aliphatic heterocycles. The minimum Gasteiger partial charge on any atom is -0.345 e. The molecule has 3 aromatic carbocycles. The summed E-state index contributed by atoms with van der Waals surface area (Å²) in [5.41, 5.74) is 2.19. The van der Waals surface area contributed by atoms with Crippen molar-refractivity contribution in [3.05, 3.63) is 106 Å². The van der Waals surface area contributed by atoms with Crippen LogP contribution >= 0.6 is 0 Å². The van der Waals surface area contributed by atoms with Gasteiger partial charge in [-0.05, 0) is 55.0 Å². The highest BCUT2D eigenvalue weighted by atomic mass is 19.1. The number of ketones is 1. The Hall–Kier alpha value is -3.78. The van der Waals surface area contributed by atoms with Gasteiger partial charge in [-0.2, -0.15) is 5.26 Å². The maximum Gasteiger partial charge on any atom is 0.252 e. The van der Waals surface area contributed by atoms with Gasteiger partial charge in [-0.3, -0.25) is 9.59 Å². The van der Waals surface area contributed by atoms with E-state index >= 15 is 0 Å². The van der Waals surface area contributed by atoms with Crippen LogP contribution in [0.2, 0.25) is 0 Å². The fourth-order valence-electron chi connectivity index (χ4n) is 2.84. The van der Waals surface area contributed by atoms with Gasteiger partial charge in [0.15, 0.2) is 5.78 Å². The number of amides is 1. The number of benzene rings is 3. The zero-order chi connectivity index (χ0) is 20.1. The van der Waals surface area contributed by atoms with Gasteiger partial charge in [-0.15, -0.1) is 0 Å². The largest absolute Gasteiger partial charge is 0.345 e. The molecule has 1 atom stereocenters. The van der Waals surface area contributed by atoms with Crippen LogP contribution in [0.3, 0.4) is 0 Å². The third-order valence-corrected chi connectivity index (χ3v) is 4.41. The predicted octanol–water partition coefficient (Wildman–Crippen LogP) is 4.42. The van der Waals surface area contributed by atoms with Crippen molar-refractivity contribution in [1.82, 2.24) is 5.32 Å². The quantitative estimate of drug-likeness (QED) is 0.674. The lowest BCUT2D eigenvalue weighted by molar-refractivity contribution is 0.0929. The van der Waals surface area contributed by atoms with Crippen molar-refractivity contribution < 1.29 is 14.0 Å². The van der Waals surface area contributed by atoms with E-state index in [9.17, 15) is 14.0 Å². The van der Waals surface area contributed by atoms with E-state index in [1.807, 2.05) is 6.92 Å². The first kappa shape index (κ1) is 19.0. The highest BCUT2D eigenvalue weighted by Gasteiger charge is 2.19. The number of halogens is 1. The summed E-state index contributed by atoms with van der Waals surface area (Å²) in [6.45, 7) is 1.82. The van der Waals surface area contributed by atoms with E-state index in [1.165, 1.54) is 24.3 Å². The van der Waals surface area contributed by atoms with Crippen LogP contribution in [-0.4, -0.2) is 11.7 Å². The lowest BCUT2D eigenvalue weighted by Gasteiger charge is -2.16. The van der Waals surface area contributed by atoms with Crippen molar-refractivity contribution in [2.75, 3.05) is 0 Å². The molecule has 0 saturated carbocycles. The Bertz CT molecular complexity index is 1050. The zero-order valence-corrected chi connectivity index (χ0v) is 15.1. The average Bonchev–Trinajstić information content (AvgIpc) is 2.73. The van der Waals surface area contributed by atoms with E-state index in [2.05, 4.69) is 11.4 Å². The van der Waals surface area contributed by atoms with Crippen LogP contribution in [0.15, 0.2) is 72.8 Å². The molecule has 5 heteroatoms. The molecule has 0 heterocycles. The van der Waals surface area contributed by atoms with Gasteiger partial charge in [-0.25, -0.2) is 4.39 Å². The topological polar surface area (TPSA) is 70.0 Å². The Balaban J connectivity index is 1.83. The molecule has 1 N–H and O–H groups in total. The van der Waals surface area contributed by atoms with Crippen LogP contribution in [-0.2, 0) is 0 Å². The first-order valence-corrected chi connectivity index (χ1v) is 8.70. The van der Waals surface area contributed by atoms with E-state index in [0.717, 1.165) is 5.56 Å². The molecular weight excluding hydrogens is 355 g/mol. The minimum absolute atomic E-state index is 0.248. The van der Waals surface area contributed by atoms with Crippen molar-refractivity contribution in [3.63, 3.8) is 0 Å². The van der Waals surface area contributed by atoms with Gasteiger partial charge in [0.05, 0.1) is 23.2 Å². The molecule has 1 amide bonds. The van der Waals surface area contributed by atoms with Crippen LogP contribution in [0, 0.1) is 17.1 Å². The maximum absolute atomic E-state index is 13.1. The van der Waals surface area contributed by atoms with Gasteiger partial charge in [0, 0.05) is 11.1 Å². The smallest absolute Gasteiger partial charge is 0.252 e. The normalized spacial score (nSPS) is 11.3. The number of nitrogens with one attached hydrogen (secondary N) is 1. The van der Waals surface area contributed by atoms with E-state index in [4.69, 9.17) is 5.26 Å². The summed E-state index contributed by atoms with van der Waals surface area (Å²) >= 11 is 0. The van der Waals surface area contributed by atoms with Crippen LogP contribution in [0.1, 0.15) is 50.4 Å². The number of hydrogen-bond donors (Lipinski definition) is 1. The van der Waals surface area contributed by atoms with Gasteiger partial charge in [0.1, 0.15) is 5.82 Å². The number of carbonyl (C=O) groups excluding carboxylic acids is 2. The molecule has 0 aliphatic rings. The maximum atomic E-state index is 13.1.